The summed E-state index contributed by atoms with van der Waals surface area (Å²) < 4.78 is 0. The van der Waals surface area contributed by atoms with Crippen LogP contribution in [0.1, 0.15) is 46.5 Å². The van der Waals surface area contributed by atoms with E-state index < -0.39 is 5.60 Å². The Labute approximate surface area is 92.6 Å². The molecule has 1 unspecified atom stereocenters. The molecule has 0 saturated heterocycles. The van der Waals surface area contributed by atoms with Gasteiger partial charge in [0.25, 0.3) is 0 Å². The molecule has 84 valence electrons. The number of hydrogen-bond acceptors (Lipinski definition) is 1. The maximum atomic E-state index is 11.0. The summed E-state index contributed by atoms with van der Waals surface area (Å²) in [5.74, 6) is 1.23. The third-order valence-corrected chi connectivity index (χ3v) is 6.34. The van der Waals surface area contributed by atoms with Crippen LogP contribution in [0.15, 0.2) is 12.2 Å². The minimum absolute atomic E-state index is 0.115. The fourth-order valence-corrected chi connectivity index (χ4v) is 4.70. The molecule has 0 aromatic heterocycles. The Morgan fingerprint density at radius 1 is 1.00 bits per heavy atom. The molecule has 3 rings (SSSR count). The van der Waals surface area contributed by atoms with E-state index in [0.29, 0.717) is 11.8 Å². The largest absolute Gasteiger partial charge is 0.389 e. The van der Waals surface area contributed by atoms with Gasteiger partial charge < -0.3 is 5.11 Å². The van der Waals surface area contributed by atoms with Crippen LogP contribution in [0, 0.1) is 22.7 Å². The number of fused-ring (bicyclic) bond motifs is 6. The van der Waals surface area contributed by atoms with Gasteiger partial charge in [-0.2, -0.15) is 0 Å². The second-order valence-electron chi connectivity index (χ2n) is 6.59. The van der Waals surface area contributed by atoms with Crippen LogP contribution >= 0.6 is 0 Å². The van der Waals surface area contributed by atoms with Crippen LogP contribution in [0.5, 0.6) is 0 Å². The van der Waals surface area contributed by atoms with E-state index in [9.17, 15) is 5.11 Å². The summed E-state index contributed by atoms with van der Waals surface area (Å²) in [5, 5.41) is 11.0. The van der Waals surface area contributed by atoms with E-state index in [-0.39, 0.29) is 10.8 Å². The molecule has 15 heavy (non-hydrogen) atoms. The monoisotopic (exact) mass is 206 g/mol. The predicted octanol–water partition coefficient (Wildman–Crippen LogP) is 3.14. The molecule has 1 nitrogen and oxygen atoms in total. The number of rotatable bonds is 0. The van der Waals surface area contributed by atoms with Gasteiger partial charge in [-0.3, -0.25) is 0 Å². The highest BCUT2D eigenvalue weighted by atomic mass is 16.3. The van der Waals surface area contributed by atoms with Gasteiger partial charge in [-0.15, -0.1) is 0 Å². The normalized spacial score (nSPS) is 62.1. The van der Waals surface area contributed by atoms with Crippen molar-refractivity contribution in [2.75, 3.05) is 0 Å². The molecule has 0 aliphatic heterocycles. The van der Waals surface area contributed by atoms with Crippen LogP contribution in [-0.2, 0) is 0 Å². The van der Waals surface area contributed by atoms with Crippen molar-refractivity contribution in [2.24, 2.45) is 22.7 Å². The van der Waals surface area contributed by atoms with Crippen LogP contribution in [-0.4, -0.2) is 10.7 Å². The number of aliphatic hydroxyl groups is 1. The maximum Gasteiger partial charge on any atom is 0.0737 e. The molecule has 0 radical (unpaired) electrons. The van der Waals surface area contributed by atoms with Crippen LogP contribution in [0.2, 0.25) is 0 Å². The molecule has 1 heteroatoms. The highest BCUT2D eigenvalue weighted by molar-refractivity contribution is 5.25. The van der Waals surface area contributed by atoms with E-state index in [2.05, 4.69) is 32.9 Å². The standard InChI is InChI=1S/C14H22O/c1-12-7-4-8-13(2,14(12,3)15)11-6-5-10(12)9-11/h5-6,10-11,15H,4,7-9H2,1-3H3/t10-,11+,12+,13-,14?. The minimum atomic E-state index is -0.491. The lowest BCUT2D eigenvalue weighted by Gasteiger charge is -2.64. The van der Waals surface area contributed by atoms with Crippen molar-refractivity contribution < 1.29 is 5.11 Å². The average molecular weight is 206 g/mol. The lowest BCUT2D eigenvalue weighted by molar-refractivity contribution is -0.230. The van der Waals surface area contributed by atoms with Crippen molar-refractivity contribution in [3.63, 3.8) is 0 Å². The Morgan fingerprint density at radius 3 is 1.93 bits per heavy atom. The van der Waals surface area contributed by atoms with Gasteiger partial charge in [-0.25, -0.2) is 0 Å². The van der Waals surface area contributed by atoms with E-state index in [1.54, 1.807) is 0 Å². The molecule has 5 atom stereocenters. The Kier molecular flexibility index (Phi) is 1.65. The third-order valence-electron chi connectivity index (χ3n) is 6.34. The van der Waals surface area contributed by atoms with Crippen molar-refractivity contribution in [3.05, 3.63) is 12.2 Å². The van der Waals surface area contributed by atoms with E-state index >= 15 is 0 Å². The summed E-state index contributed by atoms with van der Waals surface area (Å²) in [4.78, 5) is 0. The molecular weight excluding hydrogens is 184 g/mol. The molecule has 0 heterocycles. The maximum absolute atomic E-state index is 11.0. The predicted molar refractivity (Wildman–Crippen MR) is 61.4 cm³/mol. The van der Waals surface area contributed by atoms with Gasteiger partial charge in [0.2, 0.25) is 0 Å². The summed E-state index contributed by atoms with van der Waals surface area (Å²) in [6.45, 7) is 6.71. The molecule has 0 spiro atoms. The number of allylic oxidation sites excluding steroid dienone is 2. The van der Waals surface area contributed by atoms with Crippen molar-refractivity contribution in [2.45, 2.75) is 52.1 Å². The molecule has 2 fully saturated rings. The van der Waals surface area contributed by atoms with Crippen LogP contribution in [0.3, 0.4) is 0 Å². The van der Waals surface area contributed by atoms with Crippen molar-refractivity contribution in [1.82, 2.24) is 0 Å². The van der Waals surface area contributed by atoms with Gasteiger partial charge in [-0.05, 0) is 38.0 Å². The van der Waals surface area contributed by atoms with Crippen LogP contribution < -0.4 is 0 Å². The summed E-state index contributed by atoms with van der Waals surface area (Å²) in [6.07, 6.45) is 9.72. The molecule has 3 aliphatic carbocycles. The second-order valence-corrected chi connectivity index (χ2v) is 6.59. The van der Waals surface area contributed by atoms with Gasteiger partial charge in [0, 0.05) is 10.8 Å². The van der Waals surface area contributed by atoms with Crippen LogP contribution in [0.4, 0.5) is 0 Å². The van der Waals surface area contributed by atoms with Gasteiger partial charge in [0.05, 0.1) is 5.60 Å². The fraction of sp³-hybridized carbons (Fsp3) is 0.857. The van der Waals surface area contributed by atoms with E-state index in [1.165, 1.54) is 25.7 Å². The summed E-state index contributed by atoms with van der Waals surface area (Å²) >= 11 is 0. The Morgan fingerprint density at radius 2 is 1.47 bits per heavy atom. The first-order valence-electron chi connectivity index (χ1n) is 6.32. The lowest BCUT2D eigenvalue weighted by atomic mass is 9.43. The Balaban J connectivity index is 2.19. The third kappa shape index (κ3) is 0.860. The molecule has 3 aliphatic rings. The van der Waals surface area contributed by atoms with Gasteiger partial charge in [0.1, 0.15) is 0 Å². The lowest BCUT2D eigenvalue weighted by Crippen LogP contribution is -2.65. The zero-order valence-electron chi connectivity index (χ0n) is 10.1. The quantitative estimate of drug-likeness (QED) is 0.604. The minimum Gasteiger partial charge on any atom is -0.389 e. The highest BCUT2D eigenvalue weighted by Crippen LogP contribution is 2.68. The van der Waals surface area contributed by atoms with Gasteiger partial charge >= 0.3 is 0 Å². The average Bonchev–Trinajstić information content (AvgIpc) is 2.61. The molecule has 0 aromatic carbocycles. The van der Waals surface area contributed by atoms with E-state index in [1.807, 2.05) is 0 Å². The smallest absolute Gasteiger partial charge is 0.0737 e. The topological polar surface area (TPSA) is 20.2 Å². The fourth-order valence-electron chi connectivity index (χ4n) is 4.70. The summed E-state index contributed by atoms with van der Waals surface area (Å²) in [6, 6.07) is 0. The molecule has 1 N–H and O–H groups in total. The first-order chi connectivity index (χ1) is 6.92. The van der Waals surface area contributed by atoms with E-state index in [0.717, 1.165) is 0 Å². The first kappa shape index (κ1) is 9.89. The van der Waals surface area contributed by atoms with Gasteiger partial charge in [0.15, 0.2) is 0 Å². The molecule has 4 bridgehead atoms. The van der Waals surface area contributed by atoms with Gasteiger partial charge in [-0.1, -0.05) is 32.4 Å². The Bertz CT molecular complexity index is 302. The highest BCUT2D eigenvalue weighted by Gasteiger charge is 2.66. The van der Waals surface area contributed by atoms with Crippen LogP contribution in [0.25, 0.3) is 0 Å². The number of hydrogen-bond donors (Lipinski definition) is 1. The molecule has 0 aromatic rings. The SMILES string of the molecule is CC1(O)[C@@]2(C)CCC[C@]1(C)[C@H]1C=C[C@@H]2C1. The molecular formula is C14H22O. The van der Waals surface area contributed by atoms with Crippen molar-refractivity contribution in [3.8, 4) is 0 Å². The summed E-state index contributed by atoms with van der Waals surface area (Å²) in [5.41, 5.74) is -0.262. The zero-order valence-corrected chi connectivity index (χ0v) is 10.1. The van der Waals surface area contributed by atoms with E-state index in [4.69, 9.17) is 0 Å². The first-order valence-corrected chi connectivity index (χ1v) is 6.32. The second kappa shape index (κ2) is 2.51. The molecule has 0 amide bonds. The zero-order chi connectivity index (χ0) is 10.9. The molecule has 2 saturated carbocycles. The summed E-state index contributed by atoms with van der Waals surface area (Å²) in [7, 11) is 0. The van der Waals surface area contributed by atoms with Crippen molar-refractivity contribution in [1.29, 1.82) is 0 Å². The van der Waals surface area contributed by atoms with Crippen molar-refractivity contribution >= 4 is 0 Å². The Hall–Kier alpha value is -0.300.